The molecule has 64 heavy (non-hydrogen) atoms. The summed E-state index contributed by atoms with van der Waals surface area (Å²) in [5.74, 6) is -0.739. The largest absolute Gasteiger partial charge is 0.417 e. The fraction of sp³-hybridized carbons (Fsp3) is 0.104. The Morgan fingerprint density at radius 1 is 0.453 bits per heavy atom. The molecule has 1 aliphatic heterocycles. The van der Waals surface area contributed by atoms with E-state index in [2.05, 4.69) is 0 Å². The first kappa shape index (κ1) is 42.2. The molecule has 324 valence electrons. The minimum atomic E-state index is -5.27. The van der Waals surface area contributed by atoms with Crippen molar-refractivity contribution in [2.75, 3.05) is 4.90 Å². The van der Waals surface area contributed by atoms with Gasteiger partial charge in [-0.05, 0) is 88.0 Å². The van der Waals surface area contributed by atoms with Gasteiger partial charge in [-0.15, -0.1) is 0 Å². The van der Waals surface area contributed by atoms with Crippen molar-refractivity contribution in [1.29, 1.82) is 0 Å². The van der Waals surface area contributed by atoms with Crippen LogP contribution < -0.4 is 4.90 Å². The van der Waals surface area contributed by atoms with Gasteiger partial charge in [0.05, 0.1) is 44.5 Å². The molecule has 7 aromatic carbocycles. The minimum absolute atomic E-state index is 0.00573. The molecule has 4 nitrogen and oxygen atoms in total. The molecule has 0 radical (unpaired) electrons. The molecule has 1 unspecified atom stereocenters. The molecule has 1 aromatic heterocycles. The Morgan fingerprint density at radius 2 is 0.922 bits per heavy atom. The predicted molar refractivity (Wildman–Crippen MR) is 215 cm³/mol. The number of aliphatic hydroxyl groups excluding tert-OH is 1. The number of anilines is 1. The smallest absolute Gasteiger partial charge is 0.369 e. The van der Waals surface area contributed by atoms with E-state index >= 15 is 0 Å². The second kappa shape index (κ2) is 14.8. The highest BCUT2D eigenvalue weighted by molar-refractivity contribution is 6.16. The number of aromatic nitrogens is 1. The van der Waals surface area contributed by atoms with Gasteiger partial charge in [0.1, 0.15) is 0 Å². The Balaban J connectivity index is 1.28. The molecule has 1 aliphatic rings. The first-order valence-electron chi connectivity index (χ1n) is 19.1. The number of hydrogen-bond donors (Lipinski definition) is 1. The lowest BCUT2D eigenvalue weighted by atomic mass is 9.95. The summed E-state index contributed by atoms with van der Waals surface area (Å²) in [7, 11) is 0. The number of amides is 1. The average molecular weight is 891 g/mol. The normalized spacial score (nSPS) is 14.8. The lowest BCUT2D eigenvalue weighted by Crippen LogP contribution is -2.27. The van der Waals surface area contributed by atoms with Gasteiger partial charge in [0, 0.05) is 22.0 Å². The number of rotatable bonds is 5. The lowest BCUT2D eigenvalue weighted by Gasteiger charge is -2.21. The molecule has 16 heteroatoms. The number of fused-ring (bicyclic) bond motifs is 4. The van der Waals surface area contributed by atoms with Crippen LogP contribution in [-0.2, 0) is 24.7 Å². The SMILES string of the molecule is O=C1c2c(cccc2-n2c3cc(-c4ccc(C(F)(F)F)cc4C(F)(F)F)ccc3c3ccc(-c4ccc(C(F)(F)F)cc4C(F)(F)F)cc32)C(O)N1c1ccc(-c2ccccc2)cc1. The summed E-state index contributed by atoms with van der Waals surface area (Å²) in [6.07, 6.45) is -22.3. The van der Waals surface area contributed by atoms with Crippen LogP contribution in [0.1, 0.15) is 44.4 Å². The van der Waals surface area contributed by atoms with Crippen molar-refractivity contribution in [2.45, 2.75) is 30.9 Å². The Labute approximate surface area is 353 Å². The molecule has 0 spiro atoms. The molecule has 0 bridgehead atoms. The van der Waals surface area contributed by atoms with Crippen LogP contribution >= 0.6 is 0 Å². The third-order valence-electron chi connectivity index (χ3n) is 11.2. The quantitative estimate of drug-likeness (QED) is 0.175. The van der Waals surface area contributed by atoms with Crippen LogP contribution in [0.2, 0.25) is 0 Å². The van der Waals surface area contributed by atoms with Crippen molar-refractivity contribution in [2.24, 2.45) is 0 Å². The first-order valence-corrected chi connectivity index (χ1v) is 19.1. The van der Waals surface area contributed by atoms with Crippen molar-refractivity contribution in [3.63, 3.8) is 0 Å². The van der Waals surface area contributed by atoms with E-state index in [0.29, 0.717) is 24.3 Å². The van der Waals surface area contributed by atoms with E-state index in [0.717, 1.165) is 16.0 Å². The van der Waals surface area contributed by atoms with Gasteiger partial charge in [-0.1, -0.05) is 91.0 Å². The van der Waals surface area contributed by atoms with E-state index in [1.54, 1.807) is 24.3 Å². The number of carbonyl (C=O) groups excluding carboxylic acids is 1. The first-order chi connectivity index (χ1) is 30.1. The summed E-state index contributed by atoms with van der Waals surface area (Å²) < 4.78 is 170. The zero-order valence-corrected chi connectivity index (χ0v) is 32.2. The second-order valence-corrected chi connectivity index (χ2v) is 15.0. The lowest BCUT2D eigenvalue weighted by molar-refractivity contribution is -0.144. The van der Waals surface area contributed by atoms with E-state index < -0.39 is 70.2 Å². The number of hydrogen-bond acceptors (Lipinski definition) is 2. The van der Waals surface area contributed by atoms with Gasteiger partial charge in [-0.25, -0.2) is 0 Å². The molecule has 0 saturated heterocycles. The third kappa shape index (κ3) is 7.20. The van der Waals surface area contributed by atoms with Gasteiger partial charge in [0.15, 0.2) is 6.23 Å². The van der Waals surface area contributed by atoms with Crippen LogP contribution in [0.25, 0.3) is 60.9 Å². The van der Waals surface area contributed by atoms with Crippen LogP contribution in [0.4, 0.5) is 58.4 Å². The van der Waals surface area contributed by atoms with Crippen LogP contribution in [-0.4, -0.2) is 15.6 Å². The highest BCUT2D eigenvalue weighted by Crippen LogP contribution is 2.47. The highest BCUT2D eigenvalue weighted by atomic mass is 19.4. The predicted octanol–water partition coefficient (Wildman–Crippen LogP) is 14.5. The molecule has 1 atom stereocenters. The fourth-order valence-electron chi connectivity index (χ4n) is 8.29. The second-order valence-electron chi connectivity index (χ2n) is 15.0. The third-order valence-corrected chi connectivity index (χ3v) is 11.2. The number of nitrogens with zero attached hydrogens (tertiary/aromatic N) is 2. The van der Waals surface area contributed by atoms with Crippen molar-refractivity contribution in [1.82, 2.24) is 4.57 Å². The van der Waals surface area contributed by atoms with Gasteiger partial charge < -0.3 is 9.67 Å². The van der Waals surface area contributed by atoms with Gasteiger partial charge in [0.2, 0.25) is 0 Å². The zero-order valence-electron chi connectivity index (χ0n) is 32.2. The van der Waals surface area contributed by atoms with E-state index in [-0.39, 0.29) is 67.6 Å². The molecular formula is C48H26F12N2O2. The Morgan fingerprint density at radius 3 is 1.39 bits per heavy atom. The standard InChI is InChI=1S/C48H26F12N2O2/c49-45(50,51)29-13-19-32(37(23-29)47(55,56)57)27-11-17-34-35-18-12-28(33-20-14-30(46(52,53)54)24-38(33)48(58,59)60)22-41(35)62(40(34)21-27)39-8-4-7-36-42(39)44(64)61(43(36)63)31-15-9-26(10-16-31)25-5-2-1-3-6-25/h1-24,43,63H. The fourth-order valence-corrected chi connectivity index (χ4v) is 8.29. The molecule has 9 rings (SSSR count). The van der Waals surface area contributed by atoms with Crippen LogP contribution in [0.3, 0.4) is 0 Å². The molecule has 0 aliphatic carbocycles. The summed E-state index contributed by atoms with van der Waals surface area (Å²) in [6.45, 7) is 0. The maximum atomic E-state index is 14.6. The molecule has 1 N–H and O–H groups in total. The maximum Gasteiger partial charge on any atom is 0.417 e. The molecule has 2 heterocycles. The van der Waals surface area contributed by atoms with Gasteiger partial charge in [0.25, 0.3) is 5.91 Å². The van der Waals surface area contributed by atoms with Gasteiger partial charge in [-0.3, -0.25) is 9.69 Å². The number of benzene rings is 7. The summed E-state index contributed by atoms with van der Waals surface area (Å²) in [6, 6.07) is 30.2. The molecule has 0 fully saturated rings. The minimum Gasteiger partial charge on any atom is -0.369 e. The zero-order chi connectivity index (χ0) is 45.7. The monoisotopic (exact) mass is 890 g/mol. The molecule has 1 amide bonds. The van der Waals surface area contributed by atoms with E-state index in [1.807, 2.05) is 30.3 Å². The Hall–Kier alpha value is -7.07. The van der Waals surface area contributed by atoms with Gasteiger partial charge in [-0.2, -0.15) is 52.7 Å². The molecule has 8 aromatic rings. The van der Waals surface area contributed by atoms with Gasteiger partial charge >= 0.3 is 24.7 Å². The van der Waals surface area contributed by atoms with E-state index in [9.17, 15) is 62.6 Å². The van der Waals surface area contributed by atoms with Crippen molar-refractivity contribution in [3.05, 3.63) is 179 Å². The maximum absolute atomic E-state index is 14.6. The van der Waals surface area contributed by atoms with Crippen LogP contribution in [0.5, 0.6) is 0 Å². The topological polar surface area (TPSA) is 45.5 Å². The van der Waals surface area contributed by atoms with Crippen molar-refractivity contribution < 1.29 is 62.6 Å². The molecular weight excluding hydrogens is 865 g/mol. The summed E-state index contributed by atoms with van der Waals surface area (Å²) in [4.78, 5) is 15.7. The molecule has 0 saturated carbocycles. The number of halogens is 12. The number of alkyl halides is 12. The van der Waals surface area contributed by atoms with Crippen molar-refractivity contribution in [3.8, 4) is 39.1 Å². The van der Waals surface area contributed by atoms with E-state index in [4.69, 9.17) is 0 Å². The summed E-state index contributed by atoms with van der Waals surface area (Å²) in [5, 5.41) is 12.2. The number of aliphatic hydroxyl groups is 1. The number of carbonyl (C=O) groups is 1. The van der Waals surface area contributed by atoms with E-state index in [1.165, 1.54) is 59.2 Å². The highest BCUT2D eigenvalue weighted by Gasteiger charge is 2.42. The summed E-state index contributed by atoms with van der Waals surface area (Å²) >= 11 is 0. The van der Waals surface area contributed by atoms with Crippen LogP contribution in [0, 0.1) is 0 Å². The average Bonchev–Trinajstić information content (AvgIpc) is 3.71. The Kier molecular flexibility index (Phi) is 9.74. The summed E-state index contributed by atoms with van der Waals surface area (Å²) in [5.41, 5.74) is -6.04. The van der Waals surface area contributed by atoms with Crippen molar-refractivity contribution >= 4 is 33.4 Å². The Bertz CT molecular complexity index is 3010. The van der Waals surface area contributed by atoms with Crippen LogP contribution in [0.15, 0.2) is 146 Å².